The molecule has 0 bridgehead atoms. The van der Waals surface area contributed by atoms with Gasteiger partial charge in [-0.05, 0) is 30.5 Å². The molecule has 4 rings (SSSR count). The van der Waals surface area contributed by atoms with Crippen LogP contribution in [0, 0.1) is 0 Å². The molecular formula is C20H19F3N4O3S. The summed E-state index contributed by atoms with van der Waals surface area (Å²) >= 11 is 0. The van der Waals surface area contributed by atoms with Gasteiger partial charge in [-0.3, -0.25) is 0 Å². The number of ether oxygens (including phenoxy) is 1. The van der Waals surface area contributed by atoms with Crippen molar-refractivity contribution in [2.45, 2.75) is 43.2 Å². The lowest BCUT2D eigenvalue weighted by molar-refractivity contribution is -0.275. The Kier molecular flexibility index (Phi) is 5.71. The van der Waals surface area contributed by atoms with Gasteiger partial charge in [0, 0.05) is 12.6 Å². The van der Waals surface area contributed by atoms with Gasteiger partial charge in [0.2, 0.25) is 10.0 Å². The molecule has 0 amide bonds. The van der Waals surface area contributed by atoms with E-state index in [2.05, 4.69) is 14.9 Å². The third-order valence-corrected chi connectivity index (χ3v) is 7.02. The first-order valence-electron chi connectivity index (χ1n) is 9.51. The second-order valence-corrected chi connectivity index (χ2v) is 8.98. The Morgan fingerprint density at radius 3 is 2.52 bits per heavy atom. The van der Waals surface area contributed by atoms with Crippen molar-refractivity contribution in [1.82, 2.24) is 19.1 Å². The largest absolute Gasteiger partial charge is 0.573 e. The van der Waals surface area contributed by atoms with Crippen LogP contribution in [0.3, 0.4) is 0 Å². The van der Waals surface area contributed by atoms with E-state index in [4.69, 9.17) is 0 Å². The molecular weight excluding hydrogens is 433 g/mol. The Morgan fingerprint density at radius 1 is 1.06 bits per heavy atom. The molecule has 31 heavy (non-hydrogen) atoms. The Hall–Kier alpha value is -2.92. The molecule has 1 aliphatic rings. The number of alkyl halides is 3. The number of hydrogen-bond acceptors (Lipinski definition) is 5. The van der Waals surface area contributed by atoms with E-state index in [9.17, 15) is 21.6 Å². The zero-order valence-electron chi connectivity index (χ0n) is 16.2. The molecule has 0 fully saturated rings. The van der Waals surface area contributed by atoms with Crippen LogP contribution >= 0.6 is 0 Å². The van der Waals surface area contributed by atoms with Gasteiger partial charge in [-0.25, -0.2) is 8.42 Å². The first-order valence-corrected chi connectivity index (χ1v) is 11.0. The van der Waals surface area contributed by atoms with Crippen LogP contribution in [0.4, 0.5) is 13.2 Å². The molecule has 0 unspecified atom stereocenters. The van der Waals surface area contributed by atoms with E-state index >= 15 is 0 Å². The summed E-state index contributed by atoms with van der Waals surface area (Å²) in [7, 11) is -4.35. The maximum atomic E-state index is 13.6. The lowest BCUT2D eigenvalue weighted by Crippen LogP contribution is -2.40. The second-order valence-electron chi connectivity index (χ2n) is 7.12. The molecule has 2 heterocycles. The summed E-state index contributed by atoms with van der Waals surface area (Å²) in [5.74, 6) is -0.340. The molecule has 0 aliphatic carbocycles. The number of para-hydroxylation sites is 1. The third kappa shape index (κ3) is 4.72. The van der Waals surface area contributed by atoms with Crippen molar-refractivity contribution in [3.63, 3.8) is 0 Å². The summed E-state index contributed by atoms with van der Waals surface area (Å²) < 4.78 is 72.8. The van der Waals surface area contributed by atoms with Crippen LogP contribution < -0.4 is 4.74 Å². The number of fused-ring (bicyclic) bond motifs is 1. The highest BCUT2D eigenvalue weighted by Gasteiger charge is 2.39. The van der Waals surface area contributed by atoms with E-state index in [-0.39, 0.29) is 6.54 Å². The van der Waals surface area contributed by atoms with Crippen molar-refractivity contribution in [3.8, 4) is 5.75 Å². The number of nitrogens with zero attached hydrogens (tertiary/aromatic N) is 4. The fraction of sp³-hybridized carbons (Fsp3) is 0.300. The number of sulfonamides is 1. The van der Waals surface area contributed by atoms with Crippen LogP contribution in [0.1, 0.15) is 17.8 Å². The fourth-order valence-electron chi connectivity index (χ4n) is 3.66. The van der Waals surface area contributed by atoms with Crippen molar-refractivity contribution >= 4 is 10.0 Å². The third-order valence-electron chi connectivity index (χ3n) is 5.08. The van der Waals surface area contributed by atoms with Gasteiger partial charge in [0.1, 0.15) is 22.8 Å². The molecule has 1 atom stereocenters. The molecule has 0 saturated heterocycles. The Labute approximate surface area is 177 Å². The molecule has 2 aromatic carbocycles. The fourth-order valence-corrected chi connectivity index (χ4v) is 5.38. The monoisotopic (exact) mass is 452 g/mol. The predicted octanol–water partition coefficient (Wildman–Crippen LogP) is 3.38. The van der Waals surface area contributed by atoms with Gasteiger partial charge in [0.05, 0.1) is 6.54 Å². The zero-order valence-corrected chi connectivity index (χ0v) is 17.1. The molecule has 7 nitrogen and oxygen atoms in total. The number of hydrogen-bond donors (Lipinski definition) is 0. The van der Waals surface area contributed by atoms with Crippen LogP contribution in [0.5, 0.6) is 5.75 Å². The zero-order chi connectivity index (χ0) is 22.1. The number of aryl methyl sites for hydroxylation is 1. The van der Waals surface area contributed by atoms with E-state index in [0.29, 0.717) is 25.2 Å². The van der Waals surface area contributed by atoms with Crippen LogP contribution in [-0.4, -0.2) is 39.9 Å². The molecule has 3 aromatic rings. The van der Waals surface area contributed by atoms with E-state index in [0.717, 1.165) is 17.7 Å². The van der Waals surface area contributed by atoms with Gasteiger partial charge in [0.15, 0.2) is 0 Å². The van der Waals surface area contributed by atoms with Gasteiger partial charge in [0.25, 0.3) is 0 Å². The Balaban J connectivity index is 1.75. The SMILES string of the molecule is O=S(=O)(c1ccccc1OC(F)(F)F)N1Cc2nncn2CC[C@H]1Cc1ccccc1. The topological polar surface area (TPSA) is 77.3 Å². The van der Waals surface area contributed by atoms with E-state index < -0.39 is 33.1 Å². The van der Waals surface area contributed by atoms with Gasteiger partial charge in [-0.15, -0.1) is 23.4 Å². The molecule has 1 aromatic heterocycles. The van der Waals surface area contributed by atoms with Gasteiger partial charge in [-0.2, -0.15) is 4.31 Å². The molecule has 0 radical (unpaired) electrons. The number of benzene rings is 2. The molecule has 164 valence electrons. The van der Waals surface area contributed by atoms with Crippen LogP contribution in [-0.2, 0) is 29.5 Å². The van der Waals surface area contributed by atoms with Crippen molar-refractivity contribution in [2.75, 3.05) is 0 Å². The number of rotatable bonds is 5. The smallest absolute Gasteiger partial charge is 0.404 e. The standard InChI is InChI=1S/C20H19F3N4O3S/c21-20(22,23)30-17-8-4-5-9-18(17)31(28,29)27-13-19-25-24-14-26(19)11-10-16(27)12-15-6-2-1-3-7-15/h1-9,14,16H,10-13H2/t16-/m0/s1. The highest BCUT2D eigenvalue weighted by atomic mass is 32.2. The van der Waals surface area contributed by atoms with E-state index in [1.54, 1.807) is 4.57 Å². The molecule has 0 saturated carbocycles. The maximum absolute atomic E-state index is 13.6. The first-order chi connectivity index (χ1) is 14.7. The normalized spacial score (nSPS) is 17.7. The summed E-state index contributed by atoms with van der Waals surface area (Å²) in [6, 6.07) is 13.6. The van der Waals surface area contributed by atoms with Gasteiger partial charge in [-0.1, -0.05) is 42.5 Å². The van der Waals surface area contributed by atoms with Crippen LogP contribution in [0.25, 0.3) is 0 Å². The lowest BCUT2D eigenvalue weighted by atomic mass is 10.0. The highest BCUT2D eigenvalue weighted by Crippen LogP contribution is 2.34. The van der Waals surface area contributed by atoms with Crippen molar-refractivity contribution in [3.05, 3.63) is 72.3 Å². The van der Waals surface area contributed by atoms with E-state index in [1.165, 1.54) is 22.8 Å². The quantitative estimate of drug-likeness (QED) is 0.593. The average Bonchev–Trinajstić information content (AvgIpc) is 3.09. The number of halogens is 3. The molecule has 11 heteroatoms. The molecule has 0 N–H and O–H groups in total. The van der Waals surface area contributed by atoms with Crippen molar-refractivity contribution in [2.24, 2.45) is 0 Å². The van der Waals surface area contributed by atoms with Gasteiger partial charge >= 0.3 is 6.36 Å². The average molecular weight is 452 g/mol. The minimum absolute atomic E-state index is 0.111. The van der Waals surface area contributed by atoms with Crippen LogP contribution in [0.15, 0.2) is 65.8 Å². The van der Waals surface area contributed by atoms with Crippen molar-refractivity contribution in [1.29, 1.82) is 0 Å². The summed E-state index contributed by atoms with van der Waals surface area (Å²) in [5, 5.41) is 7.82. The summed E-state index contributed by atoms with van der Waals surface area (Å²) in [5.41, 5.74) is 0.921. The summed E-state index contributed by atoms with van der Waals surface area (Å²) in [6.07, 6.45) is -2.65. The van der Waals surface area contributed by atoms with Crippen molar-refractivity contribution < 1.29 is 26.3 Å². The van der Waals surface area contributed by atoms with Gasteiger partial charge < -0.3 is 9.30 Å². The minimum atomic E-state index is -5.02. The Bertz CT molecular complexity index is 1150. The minimum Gasteiger partial charge on any atom is -0.404 e. The highest BCUT2D eigenvalue weighted by molar-refractivity contribution is 7.89. The number of aromatic nitrogens is 3. The van der Waals surface area contributed by atoms with E-state index in [1.807, 2.05) is 30.3 Å². The van der Waals surface area contributed by atoms with Crippen LogP contribution in [0.2, 0.25) is 0 Å². The second kappa shape index (κ2) is 8.31. The lowest BCUT2D eigenvalue weighted by Gasteiger charge is -2.29. The predicted molar refractivity (Wildman–Crippen MR) is 104 cm³/mol. The molecule has 1 aliphatic heterocycles. The summed E-state index contributed by atoms with van der Waals surface area (Å²) in [6.45, 7) is 0.382. The Morgan fingerprint density at radius 2 is 1.77 bits per heavy atom. The summed E-state index contributed by atoms with van der Waals surface area (Å²) in [4.78, 5) is -0.543. The molecule has 0 spiro atoms. The maximum Gasteiger partial charge on any atom is 0.573 e. The first kappa shape index (κ1) is 21.3.